The molecule has 1 aromatic rings. The number of anilines is 1. The highest BCUT2D eigenvalue weighted by Crippen LogP contribution is 2.21. The van der Waals surface area contributed by atoms with E-state index in [0.717, 1.165) is 5.69 Å². The largest absolute Gasteiger partial charge is 0.494 e. The molecule has 0 spiro atoms. The van der Waals surface area contributed by atoms with Gasteiger partial charge in [-0.15, -0.1) is 0 Å². The predicted octanol–water partition coefficient (Wildman–Crippen LogP) is 2.65. The molecule has 0 aliphatic carbocycles. The van der Waals surface area contributed by atoms with Gasteiger partial charge < -0.3 is 10.1 Å². The normalized spacial score (nSPS) is 10.2. The number of methoxy groups -OCH3 is 1. The van der Waals surface area contributed by atoms with Crippen molar-refractivity contribution in [2.24, 2.45) is 0 Å². The Bertz CT molecular complexity index is 286. The number of hydrogen-bond acceptors (Lipinski definition) is 2. The van der Waals surface area contributed by atoms with Gasteiger partial charge in [0.1, 0.15) is 0 Å². The summed E-state index contributed by atoms with van der Waals surface area (Å²) in [5, 5.41) is 3.16. The summed E-state index contributed by atoms with van der Waals surface area (Å²) in [6.07, 6.45) is 0. The van der Waals surface area contributed by atoms with Crippen LogP contribution in [0, 0.1) is 5.82 Å². The SMILES string of the molecule is COc1cc(NC(C)C)ccc1F. The molecule has 1 N–H and O–H groups in total. The lowest BCUT2D eigenvalue weighted by Crippen LogP contribution is -2.09. The molecule has 13 heavy (non-hydrogen) atoms. The maximum atomic E-state index is 13.0. The average Bonchev–Trinajstić information content (AvgIpc) is 2.07. The van der Waals surface area contributed by atoms with Crippen LogP contribution in [0.25, 0.3) is 0 Å². The molecule has 0 heterocycles. The van der Waals surface area contributed by atoms with Crippen molar-refractivity contribution in [1.29, 1.82) is 0 Å². The van der Waals surface area contributed by atoms with E-state index in [-0.39, 0.29) is 11.6 Å². The van der Waals surface area contributed by atoms with Crippen LogP contribution >= 0.6 is 0 Å². The number of benzene rings is 1. The van der Waals surface area contributed by atoms with Crippen molar-refractivity contribution in [2.45, 2.75) is 19.9 Å². The van der Waals surface area contributed by atoms with Crippen molar-refractivity contribution >= 4 is 5.69 Å². The second-order valence-electron chi connectivity index (χ2n) is 3.15. The van der Waals surface area contributed by atoms with Crippen molar-refractivity contribution in [1.82, 2.24) is 0 Å². The molecule has 0 aliphatic heterocycles. The topological polar surface area (TPSA) is 21.3 Å². The Hall–Kier alpha value is -1.25. The Balaban J connectivity index is 2.86. The highest BCUT2D eigenvalue weighted by atomic mass is 19.1. The van der Waals surface area contributed by atoms with Crippen molar-refractivity contribution in [3.05, 3.63) is 24.0 Å². The molecule has 0 aliphatic rings. The molecule has 3 heteroatoms. The number of ether oxygens (including phenoxy) is 1. The minimum atomic E-state index is -0.336. The maximum absolute atomic E-state index is 13.0. The molecule has 0 saturated carbocycles. The Labute approximate surface area is 77.7 Å². The van der Waals surface area contributed by atoms with E-state index < -0.39 is 0 Å². The summed E-state index contributed by atoms with van der Waals surface area (Å²) in [4.78, 5) is 0. The van der Waals surface area contributed by atoms with E-state index >= 15 is 0 Å². The maximum Gasteiger partial charge on any atom is 0.165 e. The monoisotopic (exact) mass is 183 g/mol. The minimum Gasteiger partial charge on any atom is -0.494 e. The van der Waals surface area contributed by atoms with E-state index in [1.807, 2.05) is 13.8 Å². The van der Waals surface area contributed by atoms with Gasteiger partial charge in [0, 0.05) is 17.8 Å². The standard InChI is InChI=1S/C10H14FNO/c1-7(2)12-8-4-5-9(11)10(6-8)13-3/h4-7,12H,1-3H3. The summed E-state index contributed by atoms with van der Waals surface area (Å²) in [5.41, 5.74) is 0.869. The first-order valence-corrected chi connectivity index (χ1v) is 4.23. The molecule has 0 fully saturated rings. The highest BCUT2D eigenvalue weighted by molar-refractivity contribution is 5.49. The highest BCUT2D eigenvalue weighted by Gasteiger charge is 2.03. The van der Waals surface area contributed by atoms with E-state index in [9.17, 15) is 4.39 Å². The molecule has 72 valence electrons. The van der Waals surface area contributed by atoms with Crippen molar-refractivity contribution in [2.75, 3.05) is 12.4 Å². The summed E-state index contributed by atoms with van der Waals surface area (Å²) in [6, 6.07) is 5.06. The van der Waals surface area contributed by atoms with Crippen LogP contribution in [0.3, 0.4) is 0 Å². The molecule has 0 aromatic heterocycles. The third kappa shape index (κ3) is 2.61. The van der Waals surface area contributed by atoms with Gasteiger partial charge in [0.15, 0.2) is 11.6 Å². The van der Waals surface area contributed by atoms with Crippen LogP contribution in [0.5, 0.6) is 5.75 Å². The van der Waals surface area contributed by atoms with Gasteiger partial charge in [0.05, 0.1) is 7.11 Å². The minimum absolute atomic E-state index is 0.269. The molecular weight excluding hydrogens is 169 g/mol. The average molecular weight is 183 g/mol. The van der Waals surface area contributed by atoms with Crippen LogP contribution in [0.2, 0.25) is 0 Å². The zero-order valence-corrected chi connectivity index (χ0v) is 8.10. The first-order chi connectivity index (χ1) is 6.13. The molecule has 0 bridgehead atoms. The van der Waals surface area contributed by atoms with Crippen molar-refractivity contribution in [3.63, 3.8) is 0 Å². The van der Waals surface area contributed by atoms with Gasteiger partial charge in [-0.3, -0.25) is 0 Å². The van der Waals surface area contributed by atoms with Gasteiger partial charge in [-0.05, 0) is 26.0 Å². The second kappa shape index (κ2) is 4.12. The van der Waals surface area contributed by atoms with E-state index in [1.54, 1.807) is 12.1 Å². The molecule has 0 unspecified atom stereocenters. The smallest absolute Gasteiger partial charge is 0.165 e. The zero-order chi connectivity index (χ0) is 9.84. The summed E-state index contributed by atoms with van der Waals surface area (Å²) in [5.74, 6) is -0.0672. The Morgan fingerprint density at radius 2 is 2.08 bits per heavy atom. The number of hydrogen-bond donors (Lipinski definition) is 1. The summed E-state index contributed by atoms with van der Waals surface area (Å²) in [7, 11) is 1.46. The molecule has 0 amide bonds. The lowest BCUT2D eigenvalue weighted by Gasteiger charge is -2.11. The Morgan fingerprint density at radius 3 is 2.62 bits per heavy atom. The molecule has 1 aromatic carbocycles. The van der Waals surface area contributed by atoms with Gasteiger partial charge in [-0.25, -0.2) is 4.39 Å². The molecule has 1 rings (SSSR count). The van der Waals surface area contributed by atoms with Crippen LogP contribution in [0.15, 0.2) is 18.2 Å². The Kier molecular flexibility index (Phi) is 3.12. The van der Waals surface area contributed by atoms with Crippen LogP contribution < -0.4 is 10.1 Å². The second-order valence-corrected chi connectivity index (χ2v) is 3.15. The van der Waals surface area contributed by atoms with Gasteiger partial charge in [0.2, 0.25) is 0 Å². The summed E-state index contributed by atoms with van der Waals surface area (Å²) >= 11 is 0. The van der Waals surface area contributed by atoms with Gasteiger partial charge in [0.25, 0.3) is 0 Å². The first kappa shape index (κ1) is 9.84. The molecular formula is C10H14FNO. The van der Waals surface area contributed by atoms with Gasteiger partial charge in [-0.2, -0.15) is 0 Å². The fourth-order valence-corrected chi connectivity index (χ4v) is 1.08. The van der Waals surface area contributed by atoms with Crippen LogP contribution in [-0.4, -0.2) is 13.2 Å². The molecule has 2 nitrogen and oxygen atoms in total. The van der Waals surface area contributed by atoms with Crippen LogP contribution in [0.1, 0.15) is 13.8 Å². The van der Waals surface area contributed by atoms with Crippen LogP contribution in [-0.2, 0) is 0 Å². The zero-order valence-electron chi connectivity index (χ0n) is 8.10. The predicted molar refractivity (Wildman–Crippen MR) is 51.7 cm³/mol. The third-order valence-electron chi connectivity index (χ3n) is 1.61. The van der Waals surface area contributed by atoms with Crippen molar-refractivity contribution < 1.29 is 9.13 Å². The quantitative estimate of drug-likeness (QED) is 0.777. The number of rotatable bonds is 3. The van der Waals surface area contributed by atoms with Crippen LogP contribution in [0.4, 0.5) is 10.1 Å². The molecule has 0 atom stereocenters. The fourth-order valence-electron chi connectivity index (χ4n) is 1.08. The Morgan fingerprint density at radius 1 is 1.38 bits per heavy atom. The molecule has 0 radical (unpaired) electrons. The van der Waals surface area contributed by atoms with E-state index in [2.05, 4.69) is 5.32 Å². The van der Waals surface area contributed by atoms with Gasteiger partial charge in [-0.1, -0.05) is 0 Å². The number of nitrogens with one attached hydrogen (secondary N) is 1. The van der Waals surface area contributed by atoms with Crippen molar-refractivity contribution in [3.8, 4) is 5.75 Å². The van der Waals surface area contributed by atoms with E-state index in [0.29, 0.717) is 6.04 Å². The molecule has 0 saturated heterocycles. The first-order valence-electron chi connectivity index (χ1n) is 4.23. The lowest BCUT2D eigenvalue weighted by atomic mass is 10.2. The van der Waals surface area contributed by atoms with E-state index in [1.165, 1.54) is 13.2 Å². The summed E-state index contributed by atoms with van der Waals surface area (Å²) < 4.78 is 17.8. The third-order valence-corrected chi connectivity index (χ3v) is 1.61. The van der Waals surface area contributed by atoms with E-state index in [4.69, 9.17) is 4.74 Å². The lowest BCUT2D eigenvalue weighted by molar-refractivity contribution is 0.387. The fraction of sp³-hybridized carbons (Fsp3) is 0.400. The number of halogens is 1. The summed E-state index contributed by atoms with van der Waals surface area (Å²) in [6.45, 7) is 4.05. The van der Waals surface area contributed by atoms with Gasteiger partial charge >= 0.3 is 0 Å².